The molecule has 0 bridgehead atoms. The molecule has 1 aromatic rings. The van der Waals surface area contributed by atoms with Gasteiger partial charge in [-0.3, -0.25) is 4.79 Å². The Labute approximate surface area is 140 Å². The molecular formula is C17H31N5O. The summed E-state index contributed by atoms with van der Waals surface area (Å²) in [5.41, 5.74) is 0.453. The smallest absolute Gasteiger partial charge is 0.270 e. The number of nitrogens with zero attached hydrogens (tertiary/aromatic N) is 4. The number of hydrogen-bond donors (Lipinski definition) is 1. The van der Waals surface area contributed by atoms with Crippen LogP contribution in [0.25, 0.3) is 0 Å². The molecule has 1 heterocycles. The first kappa shape index (κ1) is 19.4. The highest BCUT2D eigenvalue weighted by Crippen LogP contribution is 2.14. The molecule has 0 fully saturated rings. The van der Waals surface area contributed by atoms with Crippen LogP contribution in [-0.4, -0.2) is 61.0 Å². The quantitative estimate of drug-likeness (QED) is 0.669. The van der Waals surface area contributed by atoms with Crippen molar-refractivity contribution in [2.75, 3.05) is 45.2 Å². The summed E-state index contributed by atoms with van der Waals surface area (Å²) in [6, 6.07) is 1.81. The third kappa shape index (κ3) is 6.95. The third-order valence-corrected chi connectivity index (χ3v) is 3.44. The summed E-state index contributed by atoms with van der Waals surface area (Å²) in [6.07, 6.45) is 3.03. The van der Waals surface area contributed by atoms with E-state index in [0.29, 0.717) is 18.1 Å². The molecule has 6 nitrogen and oxygen atoms in total. The van der Waals surface area contributed by atoms with E-state index in [1.165, 1.54) is 0 Å². The molecule has 1 rings (SSSR count). The number of aromatic nitrogens is 2. The fourth-order valence-electron chi connectivity index (χ4n) is 2.40. The minimum Gasteiger partial charge on any atom is -0.357 e. The van der Waals surface area contributed by atoms with E-state index in [0.717, 1.165) is 44.7 Å². The van der Waals surface area contributed by atoms with Crippen molar-refractivity contribution in [3.8, 4) is 0 Å². The van der Waals surface area contributed by atoms with Gasteiger partial charge in [-0.25, -0.2) is 9.97 Å². The summed E-state index contributed by atoms with van der Waals surface area (Å²) in [5.74, 6) is 1.36. The van der Waals surface area contributed by atoms with Crippen LogP contribution in [-0.2, 0) is 0 Å². The van der Waals surface area contributed by atoms with Gasteiger partial charge in [-0.05, 0) is 46.8 Å². The van der Waals surface area contributed by atoms with Gasteiger partial charge in [0.1, 0.15) is 17.3 Å². The number of hydrogen-bond acceptors (Lipinski definition) is 5. The second kappa shape index (κ2) is 10.2. The maximum absolute atomic E-state index is 12.3. The molecule has 0 aliphatic carbocycles. The van der Waals surface area contributed by atoms with Crippen molar-refractivity contribution in [1.29, 1.82) is 0 Å². The molecule has 0 spiro atoms. The summed E-state index contributed by atoms with van der Waals surface area (Å²) < 4.78 is 0. The van der Waals surface area contributed by atoms with Gasteiger partial charge in [0, 0.05) is 25.7 Å². The van der Waals surface area contributed by atoms with Gasteiger partial charge >= 0.3 is 0 Å². The Kier molecular flexibility index (Phi) is 8.55. The fraction of sp³-hybridized carbons (Fsp3) is 0.706. The lowest BCUT2D eigenvalue weighted by Gasteiger charge is -2.23. The molecule has 0 aliphatic rings. The zero-order valence-electron chi connectivity index (χ0n) is 15.2. The SMILES string of the molecule is CCCN(CCC)c1cc(C(=O)NCCCN(C)C)nc(C)n1. The number of amides is 1. The van der Waals surface area contributed by atoms with E-state index < -0.39 is 0 Å². The second-order valence-corrected chi connectivity index (χ2v) is 6.06. The predicted octanol–water partition coefficient (Wildman–Crippen LogP) is 2.09. The van der Waals surface area contributed by atoms with Crippen LogP contribution in [0, 0.1) is 6.92 Å². The average molecular weight is 321 g/mol. The van der Waals surface area contributed by atoms with Crippen LogP contribution < -0.4 is 10.2 Å². The van der Waals surface area contributed by atoms with Gasteiger partial charge in [0.2, 0.25) is 0 Å². The van der Waals surface area contributed by atoms with Crippen molar-refractivity contribution in [3.05, 3.63) is 17.6 Å². The number of rotatable bonds is 10. The molecule has 0 radical (unpaired) electrons. The second-order valence-electron chi connectivity index (χ2n) is 6.06. The lowest BCUT2D eigenvalue weighted by atomic mass is 10.3. The Balaban J connectivity index is 2.76. The van der Waals surface area contributed by atoms with Crippen LogP contribution in [0.5, 0.6) is 0 Å². The zero-order valence-corrected chi connectivity index (χ0v) is 15.2. The molecule has 130 valence electrons. The molecule has 0 unspecified atom stereocenters. The highest BCUT2D eigenvalue weighted by molar-refractivity contribution is 5.92. The first-order chi connectivity index (χ1) is 11.0. The first-order valence-corrected chi connectivity index (χ1v) is 8.51. The minimum atomic E-state index is -0.122. The zero-order chi connectivity index (χ0) is 17.2. The number of nitrogens with one attached hydrogen (secondary N) is 1. The Hall–Kier alpha value is -1.69. The van der Waals surface area contributed by atoms with Crippen LogP contribution >= 0.6 is 0 Å². The van der Waals surface area contributed by atoms with Gasteiger partial charge in [0.05, 0.1) is 0 Å². The van der Waals surface area contributed by atoms with Crippen LogP contribution in [0.4, 0.5) is 5.82 Å². The number of anilines is 1. The standard InChI is InChI=1S/C17H31N5O/c1-6-10-22(11-7-2)16-13-15(19-14(3)20-16)17(23)18-9-8-12-21(4)5/h13H,6-12H2,1-5H3,(H,18,23). The Bertz CT molecular complexity index is 484. The first-order valence-electron chi connectivity index (χ1n) is 8.51. The van der Waals surface area contributed by atoms with Crippen molar-refractivity contribution >= 4 is 11.7 Å². The van der Waals surface area contributed by atoms with Crippen molar-refractivity contribution in [2.24, 2.45) is 0 Å². The van der Waals surface area contributed by atoms with E-state index >= 15 is 0 Å². The molecular weight excluding hydrogens is 290 g/mol. The van der Waals surface area contributed by atoms with Crippen molar-refractivity contribution in [2.45, 2.75) is 40.0 Å². The molecule has 6 heteroatoms. The predicted molar refractivity (Wildman–Crippen MR) is 95.1 cm³/mol. The molecule has 1 N–H and O–H groups in total. The summed E-state index contributed by atoms with van der Waals surface area (Å²) in [4.78, 5) is 25.4. The minimum absolute atomic E-state index is 0.122. The van der Waals surface area contributed by atoms with Gasteiger partial charge in [-0.15, -0.1) is 0 Å². The molecule has 1 amide bonds. The van der Waals surface area contributed by atoms with E-state index in [1.54, 1.807) is 6.07 Å². The van der Waals surface area contributed by atoms with E-state index in [4.69, 9.17) is 0 Å². The third-order valence-electron chi connectivity index (χ3n) is 3.44. The summed E-state index contributed by atoms with van der Waals surface area (Å²) in [6.45, 7) is 9.62. The lowest BCUT2D eigenvalue weighted by Crippen LogP contribution is -2.30. The van der Waals surface area contributed by atoms with Gasteiger partial charge in [0.15, 0.2) is 0 Å². The van der Waals surface area contributed by atoms with Crippen LogP contribution in [0.2, 0.25) is 0 Å². The number of carbonyl (C=O) groups is 1. The Morgan fingerprint density at radius 2 is 1.78 bits per heavy atom. The fourth-order valence-corrected chi connectivity index (χ4v) is 2.40. The molecule has 0 aliphatic heterocycles. The molecule has 0 saturated heterocycles. The Morgan fingerprint density at radius 1 is 1.13 bits per heavy atom. The van der Waals surface area contributed by atoms with Crippen molar-refractivity contribution in [3.63, 3.8) is 0 Å². The van der Waals surface area contributed by atoms with E-state index in [2.05, 4.69) is 38.9 Å². The highest BCUT2D eigenvalue weighted by atomic mass is 16.1. The monoisotopic (exact) mass is 321 g/mol. The van der Waals surface area contributed by atoms with E-state index in [1.807, 2.05) is 21.0 Å². The van der Waals surface area contributed by atoms with Crippen LogP contribution in [0.3, 0.4) is 0 Å². The van der Waals surface area contributed by atoms with Crippen molar-refractivity contribution in [1.82, 2.24) is 20.2 Å². The normalized spacial score (nSPS) is 10.9. The summed E-state index contributed by atoms with van der Waals surface area (Å²) >= 11 is 0. The van der Waals surface area contributed by atoms with Crippen molar-refractivity contribution < 1.29 is 4.79 Å². The topological polar surface area (TPSA) is 61.4 Å². The number of aryl methyl sites for hydroxylation is 1. The van der Waals surface area contributed by atoms with Gasteiger partial charge < -0.3 is 15.1 Å². The van der Waals surface area contributed by atoms with Gasteiger partial charge in [-0.1, -0.05) is 13.8 Å². The molecule has 0 saturated carbocycles. The lowest BCUT2D eigenvalue weighted by molar-refractivity contribution is 0.0947. The van der Waals surface area contributed by atoms with Crippen LogP contribution in [0.1, 0.15) is 49.4 Å². The molecule has 1 aromatic heterocycles. The molecule has 23 heavy (non-hydrogen) atoms. The van der Waals surface area contributed by atoms with Gasteiger partial charge in [-0.2, -0.15) is 0 Å². The van der Waals surface area contributed by atoms with E-state index in [9.17, 15) is 4.79 Å². The number of carbonyl (C=O) groups excluding carboxylic acids is 1. The molecule has 0 aromatic carbocycles. The highest BCUT2D eigenvalue weighted by Gasteiger charge is 2.13. The Morgan fingerprint density at radius 3 is 2.35 bits per heavy atom. The van der Waals surface area contributed by atoms with E-state index in [-0.39, 0.29) is 5.91 Å². The summed E-state index contributed by atoms with van der Waals surface area (Å²) in [7, 11) is 4.05. The van der Waals surface area contributed by atoms with Gasteiger partial charge in [0.25, 0.3) is 5.91 Å². The van der Waals surface area contributed by atoms with Crippen LogP contribution in [0.15, 0.2) is 6.07 Å². The average Bonchev–Trinajstić information content (AvgIpc) is 2.50. The maximum Gasteiger partial charge on any atom is 0.270 e. The summed E-state index contributed by atoms with van der Waals surface area (Å²) in [5, 5.41) is 2.94. The largest absolute Gasteiger partial charge is 0.357 e. The molecule has 0 atom stereocenters. The maximum atomic E-state index is 12.3.